The number of hydrogen-bond acceptors (Lipinski definition) is 1. The molecule has 0 fully saturated rings. The monoisotopic (exact) mass is 649 g/mol. The van der Waals surface area contributed by atoms with Gasteiger partial charge >= 0.3 is 0 Å². The van der Waals surface area contributed by atoms with Gasteiger partial charge in [-0.05, 0) is 91.5 Å². The van der Waals surface area contributed by atoms with Crippen molar-refractivity contribution in [2.45, 2.75) is 0 Å². The summed E-state index contributed by atoms with van der Waals surface area (Å²) in [5.41, 5.74) is 12.8. The molecule has 0 atom stereocenters. The minimum Gasteiger partial charge on any atom is -0.309 e. The Labute approximate surface area is 299 Å². The fraction of sp³-hybridized carbons (Fsp3) is 0. The van der Waals surface area contributed by atoms with Gasteiger partial charge in [0.25, 0.3) is 0 Å². The average Bonchev–Trinajstić information content (AvgIpc) is 3.21. The SMILES string of the molecule is c1ccc(-c2cc(-c3ccccc3)cc(N(c3ccccc3-c3cccc(-c4cccc5ccccc45)c3)c3cccc4ccccc34)c2)cc1. The predicted molar refractivity (Wildman–Crippen MR) is 218 cm³/mol. The normalized spacial score (nSPS) is 11.1. The molecule has 0 N–H and O–H groups in total. The van der Waals surface area contributed by atoms with Crippen LogP contribution in [-0.2, 0) is 0 Å². The summed E-state index contributed by atoms with van der Waals surface area (Å²) in [7, 11) is 0. The fourth-order valence-corrected chi connectivity index (χ4v) is 7.39. The van der Waals surface area contributed by atoms with Crippen LogP contribution in [0.5, 0.6) is 0 Å². The maximum Gasteiger partial charge on any atom is 0.0540 e. The van der Waals surface area contributed by atoms with Crippen molar-refractivity contribution in [1.82, 2.24) is 0 Å². The molecule has 0 heterocycles. The van der Waals surface area contributed by atoms with Gasteiger partial charge in [-0.2, -0.15) is 0 Å². The Morgan fingerprint density at radius 1 is 0.255 bits per heavy atom. The minimum absolute atomic E-state index is 1.10. The summed E-state index contributed by atoms with van der Waals surface area (Å²) in [6, 6.07) is 76.8. The molecule has 0 aliphatic rings. The van der Waals surface area contributed by atoms with Gasteiger partial charge in [-0.1, -0.05) is 176 Å². The lowest BCUT2D eigenvalue weighted by Gasteiger charge is -2.30. The number of fused-ring (bicyclic) bond motifs is 2. The molecule has 1 heteroatoms. The Morgan fingerprint density at radius 3 is 1.39 bits per heavy atom. The molecule has 0 amide bonds. The zero-order chi connectivity index (χ0) is 34.0. The standard InChI is InChI=1S/C50H35N/c1-3-16-36(17-4-1)42-33-43(37-18-5-2-6-19-37)35-44(34-42)51(50-31-15-23-39-21-8-10-27-47(39)50)49-30-12-11-28-48(49)41-25-13-24-40(32-41)46-29-14-22-38-20-7-9-26-45(38)46/h1-35H. The van der Waals surface area contributed by atoms with Crippen LogP contribution in [0, 0.1) is 0 Å². The van der Waals surface area contributed by atoms with Crippen LogP contribution in [0.4, 0.5) is 17.1 Å². The Bertz CT molecular complexity index is 2570. The Morgan fingerprint density at radius 2 is 0.686 bits per heavy atom. The van der Waals surface area contributed by atoms with E-state index in [0.29, 0.717) is 0 Å². The van der Waals surface area contributed by atoms with Gasteiger partial charge in [0, 0.05) is 16.6 Å². The number of para-hydroxylation sites is 1. The van der Waals surface area contributed by atoms with Crippen molar-refractivity contribution in [2.75, 3.05) is 4.90 Å². The first-order valence-electron chi connectivity index (χ1n) is 17.5. The van der Waals surface area contributed by atoms with Gasteiger partial charge in [0.2, 0.25) is 0 Å². The fourth-order valence-electron chi connectivity index (χ4n) is 7.39. The topological polar surface area (TPSA) is 3.24 Å². The summed E-state index contributed by atoms with van der Waals surface area (Å²) >= 11 is 0. The van der Waals surface area contributed by atoms with E-state index in [0.717, 1.165) is 17.1 Å². The van der Waals surface area contributed by atoms with Gasteiger partial charge in [-0.25, -0.2) is 0 Å². The van der Waals surface area contributed by atoms with E-state index in [-0.39, 0.29) is 0 Å². The van der Waals surface area contributed by atoms with E-state index in [9.17, 15) is 0 Å². The van der Waals surface area contributed by atoms with Crippen molar-refractivity contribution in [3.8, 4) is 44.5 Å². The third-order valence-corrected chi connectivity index (χ3v) is 9.82. The van der Waals surface area contributed by atoms with Gasteiger partial charge in [0.1, 0.15) is 0 Å². The number of anilines is 3. The van der Waals surface area contributed by atoms with Crippen LogP contribution < -0.4 is 4.90 Å². The van der Waals surface area contributed by atoms with Crippen molar-refractivity contribution in [3.05, 3.63) is 212 Å². The van der Waals surface area contributed by atoms with Crippen LogP contribution >= 0.6 is 0 Å². The molecule has 0 radical (unpaired) electrons. The third-order valence-electron chi connectivity index (χ3n) is 9.82. The molecule has 0 aromatic heterocycles. The van der Waals surface area contributed by atoms with Gasteiger partial charge in [-0.15, -0.1) is 0 Å². The van der Waals surface area contributed by atoms with E-state index in [1.165, 1.54) is 66.1 Å². The highest BCUT2D eigenvalue weighted by molar-refractivity contribution is 6.02. The largest absolute Gasteiger partial charge is 0.309 e. The number of rotatable bonds is 7. The quantitative estimate of drug-likeness (QED) is 0.166. The lowest BCUT2D eigenvalue weighted by atomic mass is 9.93. The molecular weight excluding hydrogens is 615 g/mol. The van der Waals surface area contributed by atoms with Gasteiger partial charge < -0.3 is 4.90 Å². The molecule has 9 aromatic rings. The van der Waals surface area contributed by atoms with Crippen LogP contribution in [0.1, 0.15) is 0 Å². The molecular formula is C50H35N. The lowest BCUT2D eigenvalue weighted by molar-refractivity contribution is 1.30. The van der Waals surface area contributed by atoms with Gasteiger partial charge in [0.15, 0.2) is 0 Å². The maximum absolute atomic E-state index is 2.46. The first kappa shape index (κ1) is 30.4. The zero-order valence-corrected chi connectivity index (χ0v) is 28.2. The second kappa shape index (κ2) is 13.3. The van der Waals surface area contributed by atoms with Crippen LogP contribution in [0.15, 0.2) is 212 Å². The molecule has 9 aromatic carbocycles. The minimum atomic E-state index is 1.10. The molecule has 0 aliphatic carbocycles. The number of nitrogens with zero attached hydrogens (tertiary/aromatic N) is 1. The van der Waals surface area contributed by atoms with Crippen LogP contribution in [0.2, 0.25) is 0 Å². The van der Waals surface area contributed by atoms with Crippen molar-refractivity contribution in [2.24, 2.45) is 0 Å². The maximum atomic E-state index is 2.46. The van der Waals surface area contributed by atoms with Crippen LogP contribution in [0.3, 0.4) is 0 Å². The van der Waals surface area contributed by atoms with E-state index < -0.39 is 0 Å². The highest BCUT2D eigenvalue weighted by Crippen LogP contribution is 2.46. The first-order valence-corrected chi connectivity index (χ1v) is 17.5. The number of benzene rings is 9. The smallest absolute Gasteiger partial charge is 0.0540 e. The Balaban J connectivity index is 1.29. The van der Waals surface area contributed by atoms with E-state index in [1.54, 1.807) is 0 Å². The third kappa shape index (κ3) is 5.86. The van der Waals surface area contributed by atoms with Crippen molar-refractivity contribution in [3.63, 3.8) is 0 Å². The first-order chi connectivity index (χ1) is 25.3. The summed E-state index contributed by atoms with van der Waals surface area (Å²) in [4.78, 5) is 2.46. The van der Waals surface area contributed by atoms with E-state index in [2.05, 4.69) is 217 Å². The summed E-state index contributed by atoms with van der Waals surface area (Å²) in [5.74, 6) is 0. The highest BCUT2D eigenvalue weighted by atomic mass is 15.1. The molecule has 240 valence electrons. The summed E-state index contributed by atoms with van der Waals surface area (Å²) in [6.45, 7) is 0. The average molecular weight is 650 g/mol. The van der Waals surface area contributed by atoms with Crippen LogP contribution in [0.25, 0.3) is 66.1 Å². The molecule has 0 spiro atoms. The van der Waals surface area contributed by atoms with E-state index >= 15 is 0 Å². The van der Waals surface area contributed by atoms with Gasteiger partial charge in [0.05, 0.1) is 11.4 Å². The summed E-state index contributed by atoms with van der Waals surface area (Å²) < 4.78 is 0. The van der Waals surface area contributed by atoms with Gasteiger partial charge in [-0.3, -0.25) is 0 Å². The molecule has 9 rings (SSSR count). The molecule has 51 heavy (non-hydrogen) atoms. The van der Waals surface area contributed by atoms with E-state index in [1.807, 2.05) is 0 Å². The Kier molecular flexibility index (Phi) is 7.92. The molecule has 0 bridgehead atoms. The highest BCUT2D eigenvalue weighted by Gasteiger charge is 2.21. The summed E-state index contributed by atoms with van der Waals surface area (Å²) in [6.07, 6.45) is 0. The molecule has 0 saturated heterocycles. The second-order valence-corrected chi connectivity index (χ2v) is 13.0. The van der Waals surface area contributed by atoms with E-state index in [4.69, 9.17) is 0 Å². The van der Waals surface area contributed by atoms with Crippen molar-refractivity contribution < 1.29 is 0 Å². The molecule has 0 aliphatic heterocycles. The lowest BCUT2D eigenvalue weighted by Crippen LogP contribution is -2.12. The Hall–Kier alpha value is -6.70. The molecule has 0 saturated carbocycles. The second-order valence-electron chi connectivity index (χ2n) is 13.0. The molecule has 1 nitrogen and oxygen atoms in total. The van der Waals surface area contributed by atoms with Crippen molar-refractivity contribution in [1.29, 1.82) is 0 Å². The zero-order valence-electron chi connectivity index (χ0n) is 28.2. The number of hydrogen-bond donors (Lipinski definition) is 0. The van der Waals surface area contributed by atoms with Crippen LogP contribution in [-0.4, -0.2) is 0 Å². The van der Waals surface area contributed by atoms with Crippen molar-refractivity contribution >= 4 is 38.6 Å². The summed E-state index contributed by atoms with van der Waals surface area (Å²) in [5, 5.41) is 4.91. The molecule has 0 unspecified atom stereocenters. The predicted octanol–water partition coefficient (Wildman–Crippen LogP) is 14.1.